The predicted molar refractivity (Wildman–Crippen MR) is 55.7 cm³/mol. The molecule has 0 aliphatic carbocycles. The van der Waals surface area contributed by atoms with Crippen molar-refractivity contribution in [1.82, 2.24) is 9.55 Å². The van der Waals surface area contributed by atoms with Gasteiger partial charge in [0.25, 0.3) is 0 Å². The molecule has 1 aromatic rings. The Hall–Kier alpha value is -1.94. The van der Waals surface area contributed by atoms with Crippen LogP contribution in [-0.4, -0.2) is 27.3 Å². The number of hydrogen-bond donors (Lipinski definition) is 0. The number of rotatable bonds is 2. The third-order valence-electron chi connectivity index (χ3n) is 1.55. The van der Waals surface area contributed by atoms with Crippen molar-refractivity contribution in [2.75, 3.05) is 0 Å². The Morgan fingerprint density at radius 1 is 1.62 bits per heavy atom. The van der Waals surface area contributed by atoms with Gasteiger partial charge < -0.3 is 4.74 Å². The smallest absolute Gasteiger partial charge is 0.419 e. The molecule has 6 nitrogen and oxygen atoms in total. The molecule has 0 saturated heterocycles. The van der Waals surface area contributed by atoms with Crippen molar-refractivity contribution in [3.63, 3.8) is 0 Å². The van der Waals surface area contributed by atoms with E-state index >= 15 is 0 Å². The maximum Gasteiger partial charge on any atom is 0.419 e. The molecule has 0 aromatic carbocycles. The molecule has 0 aliphatic rings. The highest BCUT2D eigenvalue weighted by Crippen LogP contribution is 2.09. The van der Waals surface area contributed by atoms with Gasteiger partial charge in [-0.25, -0.2) is 19.1 Å². The van der Waals surface area contributed by atoms with Gasteiger partial charge >= 0.3 is 6.09 Å². The zero-order valence-electron chi connectivity index (χ0n) is 9.43. The molecule has 0 atom stereocenters. The highest BCUT2D eigenvalue weighted by molar-refractivity contribution is 5.70. The first-order valence-corrected chi connectivity index (χ1v) is 4.72. The summed E-state index contributed by atoms with van der Waals surface area (Å²) in [6.07, 6.45) is 3.68. The zero-order valence-corrected chi connectivity index (χ0v) is 9.43. The predicted octanol–water partition coefficient (Wildman–Crippen LogP) is 1.50. The minimum atomic E-state index is -0.553. The van der Waals surface area contributed by atoms with Crippen molar-refractivity contribution in [1.29, 1.82) is 0 Å². The second-order valence-electron chi connectivity index (χ2n) is 4.16. The molecule has 0 fully saturated rings. The molecule has 0 unspecified atom stereocenters. The third-order valence-corrected chi connectivity index (χ3v) is 1.55. The second kappa shape index (κ2) is 4.72. The van der Waals surface area contributed by atoms with E-state index < -0.39 is 11.7 Å². The first-order chi connectivity index (χ1) is 7.42. The van der Waals surface area contributed by atoms with Gasteiger partial charge in [-0.1, -0.05) is 0 Å². The minimum absolute atomic E-state index is 0.110. The van der Waals surface area contributed by atoms with Crippen molar-refractivity contribution in [3.8, 4) is 0 Å². The Morgan fingerprint density at radius 3 is 2.88 bits per heavy atom. The lowest BCUT2D eigenvalue weighted by atomic mass is 10.2. The number of ether oxygens (including phenoxy) is 1. The van der Waals surface area contributed by atoms with E-state index in [1.165, 1.54) is 23.2 Å². The lowest BCUT2D eigenvalue weighted by molar-refractivity contribution is 0.0536. The topological polar surface area (TPSA) is 73.6 Å². The Morgan fingerprint density at radius 2 is 2.31 bits per heavy atom. The Kier molecular flexibility index (Phi) is 3.58. The molecule has 1 rings (SSSR count). The lowest BCUT2D eigenvalue weighted by Crippen LogP contribution is -2.26. The van der Waals surface area contributed by atoms with Crippen LogP contribution in [0.15, 0.2) is 17.5 Å². The van der Waals surface area contributed by atoms with Crippen molar-refractivity contribution < 1.29 is 14.3 Å². The monoisotopic (exact) mass is 223 g/mol. The van der Waals surface area contributed by atoms with Gasteiger partial charge in [-0.2, -0.15) is 4.99 Å². The number of aromatic nitrogens is 2. The molecule has 0 N–H and O–H groups in total. The molecule has 16 heavy (non-hydrogen) atoms. The molecule has 0 spiro atoms. The average molecular weight is 223 g/mol. The van der Waals surface area contributed by atoms with Crippen LogP contribution in [0.3, 0.4) is 0 Å². The summed E-state index contributed by atoms with van der Waals surface area (Å²) in [6, 6.07) is 0. The number of hydrogen-bond acceptors (Lipinski definition) is 5. The van der Waals surface area contributed by atoms with Crippen LogP contribution >= 0.6 is 0 Å². The van der Waals surface area contributed by atoms with Crippen LogP contribution in [0.1, 0.15) is 26.5 Å². The summed E-state index contributed by atoms with van der Waals surface area (Å²) < 4.78 is 6.33. The van der Waals surface area contributed by atoms with Crippen molar-refractivity contribution in [2.24, 2.45) is 4.99 Å². The molecule has 86 valence electrons. The normalized spacial score (nSPS) is 10.7. The van der Waals surface area contributed by atoms with Crippen molar-refractivity contribution >= 4 is 12.2 Å². The summed E-state index contributed by atoms with van der Waals surface area (Å²) in [5.41, 5.74) is -0.0446. The van der Waals surface area contributed by atoms with Crippen molar-refractivity contribution in [2.45, 2.75) is 32.9 Å². The highest BCUT2D eigenvalue weighted by atomic mass is 16.6. The number of imidazole rings is 1. The van der Waals surface area contributed by atoms with Crippen LogP contribution < -0.4 is 0 Å². The second-order valence-corrected chi connectivity index (χ2v) is 4.16. The first kappa shape index (κ1) is 12.1. The van der Waals surface area contributed by atoms with E-state index in [-0.39, 0.29) is 6.54 Å². The van der Waals surface area contributed by atoms with Crippen molar-refractivity contribution in [3.05, 3.63) is 18.2 Å². The molecule has 6 heteroatoms. The molecule has 0 amide bonds. The van der Waals surface area contributed by atoms with E-state index in [1.54, 1.807) is 20.8 Å². The molecule has 1 heterocycles. The molecule has 0 saturated carbocycles. The summed E-state index contributed by atoms with van der Waals surface area (Å²) in [4.78, 5) is 28.7. The van der Waals surface area contributed by atoms with Gasteiger partial charge in [0.05, 0.1) is 12.2 Å². The van der Waals surface area contributed by atoms with Crippen LogP contribution in [0.5, 0.6) is 0 Å². The number of aliphatic imine (C=N–C) groups is 1. The van der Waals surface area contributed by atoms with E-state index in [9.17, 15) is 9.59 Å². The zero-order chi connectivity index (χ0) is 12.2. The largest absolute Gasteiger partial charge is 0.443 e. The number of isocyanates is 1. The Bertz CT molecular complexity index is 425. The molecule has 1 aromatic heterocycles. The van der Waals surface area contributed by atoms with Gasteiger partial charge in [0.15, 0.2) is 0 Å². The fourth-order valence-electron chi connectivity index (χ4n) is 0.973. The molecule has 0 aliphatic heterocycles. The summed E-state index contributed by atoms with van der Waals surface area (Å²) in [5, 5.41) is 0. The van der Waals surface area contributed by atoms with Crippen LogP contribution in [0.25, 0.3) is 0 Å². The van der Waals surface area contributed by atoms with Crippen LogP contribution in [0, 0.1) is 0 Å². The summed E-state index contributed by atoms with van der Waals surface area (Å²) in [5.74, 6) is 0. The maximum atomic E-state index is 11.5. The van der Waals surface area contributed by atoms with Gasteiger partial charge in [-0.3, -0.25) is 0 Å². The van der Waals surface area contributed by atoms with Gasteiger partial charge in [0.2, 0.25) is 6.08 Å². The molecular weight excluding hydrogens is 210 g/mol. The minimum Gasteiger partial charge on any atom is -0.443 e. The Balaban J connectivity index is 2.70. The summed E-state index contributed by atoms with van der Waals surface area (Å²) in [7, 11) is 0. The average Bonchev–Trinajstić information content (AvgIpc) is 2.60. The maximum absolute atomic E-state index is 11.5. The van der Waals surface area contributed by atoms with Gasteiger partial charge in [0.1, 0.15) is 11.9 Å². The fourth-order valence-corrected chi connectivity index (χ4v) is 0.973. The Labute approximate surface area is 93.0 Å². The van der Waals surface area contributed by atoms with E-state index in [1.807, 2.05) is 0 Å². The van der Waals surface area contributed by atoms with E-state index in [0.717, 1.165) is 0 Å². The standard InChI is InChI=1S/C10H13N3O3/c1-10(2,3)16-9(15)13-5-8(12-6-13)4-11-7-14/h5-6H,4H2,1-3H3. The van der Waals surface area contributed by atoms with Gasteiger partial charge in [-0.15, -0.1) is 0 Å². The quantitative estimate of drug-likeness (QED) is 0.562. The van der Waals surface area contributed by atoms with E-state index in [2.05, 4.69) is 9.98 Å². The van der Waals surface area contributed by atoms with Crippen LogP contribution in [-0.2, 0) is 16.1 Å². The SMILES string of the molecule is CC(C)(C)OC(=O)n1cnc(CN=C=O)c1. The summed E-state index contributed by atoms with van der Waals surface area (Å²) in [6.45, 7) is 5.44. The highest BCUT2D eigenvalue weighted by Gasteiger charge is 2.17. The third kappa shape index (κ3) is 3.67. The number of nitrogens with zero attached hydrogens (tertiary/aromatic N) is 3. The number of carbonyl (C=O) groups is 1. The molecular formula is C10H13N3O3. The fraction of sp³-hybridized carbons (Fsp3) is 0.500. The number of carbonyl (C=O) groups excluding carboxylic acids is 2. The van der Waals surface area contributed by atoms with E-state index in [0.29, 0.717) is 5.69 Å². The first-order valence-electron chi connectivity index (χ1n) is 4.72. The summed E-state index contributed by atoms with van der Waals surface area (Å²) >= 11 is 0. The van der Waals surface area contributed by atoms with Crippen LogP contribution in [0.2, 0.25) is 0 Å². The van der Waals surface area contributed by atoms with Crippen LogP contribution in [0.4, 0.5) is 4.79 Å². The van der Waals surface area contributed by atoms with Gasteiger partial charge in [0, 0.05) is 6.20 Å². The lowest BCUT2D eigenvalue weighted by Gasteiger charge is -2.18. The molecule has 0 radical (unpaired) electrons. The molecule has 0 bridgehead atoms. The van der Waals surface area contributed by atoms with E-state index in [4.69, 9.17) is 4.74 Å². The van der Waals surface area contributed by atoms with Gasteiger partial charge in [-0.05, 0) is 20.8 Å².